The van der Waals surface area contributed by atoms with E-state index in [1.807, 2.05) is 0 Å². The van der Waals surface area contributed by atoms with Gasteiger partial charge in [0.1, 0.15) is 0 Å². The molecule has 0 fully saturated rings. The summed E-state index contributed by atoms with van der Waals surface area (Å²) in [6.07, 6.45) is 3.21. The van der Waals surface area contributed by atoms with Crippen molar-refractivity contribution < 1.29 is 1.37 Å². The fraction of sp³-hybridized carbons (Fsp3) is 0.600. The van der Waals surface area contributed by atoms with Gasteiger partial charge in [-0.1, -0.05) is 23.8 Å². The van der Waals surface area contributed by atoms with Crippen molar-refractivity contribution in [3.05, 3.63) is 23.8 Å². The third kappa shape index (κ3) is 1.73. The monoisotopic (exact) mass is 137 g/mol. The summed E-state index contributed by atoms with van der Waals surface area (Å²) in [4.78, 5) is 0. The predicted molar refractivity (Wildman–Crippen MR) is 45.9 cm³/mol. The molecular weight excluding hydrogens is 120 g/mol. The van der Waals surface area contributed by atoms with Gasteiger partial charge in [-0.15, -0.1) is 0 Å². The number of hydrogen-bond acceptors (Lipinski definition) is 0. The van der Waals surface area contributed by atoms with Crippen molar-refractivity contribution in [1.82, 2.24) is 0 Å². The smallest absolute Gasteiger partial charge is 0.0575 e. The second-order valence-electron chi connectivity index (χ2n) is 3.24. The molecule has 0 amide bonds. The molecule has 1 aliphatic carbocycles. The maximum absolute atomic E-state index is 7.64. The van der Waals surface area contributed by atoms with Gasteiger partial charge in [-0.25, -0.2) is 0 Å². The minimum Gasteiger partial charge on any atom is -0.0998 e. The molecule has 0 aliphatic heterocycles. The zero-order valence-electron chi connectivity index (χ0n) is 7.91. The number of hydrogen-bond donors (Lipinski definition) is 0. The second kappa shape index (κ2) is 3.05. The first-order valence-corrected chi connectivity index (χ1v) is 3.92. The molecule has 10 heavy (non-hydrogen) atoms. The molecule has 1 aliphatic rings. The van der Waals surface area contributed by atoms with Gasteiger partial charge >= 0.3 is 0 Å². The van der Waals surface area contributed by atoms with Crippen molar-refractivity contribution in [2.75, 3.05) is 0 Å². The van der Waals surface area contributed by atoms with Crippen LogP contribution in [0.3, 0.4) is 0 Å². The van der Waals surface area contributed by atoms with E-state index in [0.29, 0.717) is 5.92 Å². The third-order valence-electron chi connectivity index (χ3n) is 2.21. The SMILES string of the molecule is [2H]C1=C(C)CC[C@H](C(=C)C)C1. The van der Waals surface area contributed by atoms with E-state index < -0.39 is 0 Å². The summed E-state index contributed by atoms with van der Waals surface area (Å²) in [5.41, 5.74) is 2.50. The normalized spacial score (nSPS) is 28.2. The van der Waals surface area contributed by atoms with Gasteiger partial charge < -0.3 is 0 Å². The van der Waals surface area contributed by atoms with Gasteiger partial charge in [-0.05, 0) is 39.0 Å². The van der Waals surface area contributed by atoms with Crippen LogP contribution in [0.25, 0.3) is 0 Å². The Balaban J connectivity index is 2.64. The Labute approximate surface area is 65.0 Å². The summed E-state index contributed by atoms with van der Waals surface area (Å²) in [5, 5.41) is 0. The largest absolute Gasteiger partial charge is 0.0998 e. The second-order valence-corrected chi connectivity index (χ2v) is 3.24. The van der Waals surface area contributed by atoms with Crippen LogP contribution in [-0.4, -0.2) is 0 Å². The van der Waals surface area contributed by atoms with Gasteiger partial charge in [0.15, 0.2) is 0 Å². The molecule has 0 unspecified atom stereocenters. The molecule has 1 atom stereocenters. The van der Waals surface area contributed by atoms with Crippen LogP contribution >= 0.6 is 0 Å². The van der Waals surface area contributed by atoms with Crippen LogP contribution in [0.15, 0.2) is 23.8 Å². The highest BCUT2D eigenvalue weighted by Gasteiger charge is 2.11. The van der Waals surface area contributed by atoms with E-state index >= 15 is 0 Å². The summed E-state index contributed by atoms with van der Waals surface area (Å²) in [6, 6.07) is 0.837. The van der Waals surface area contributed by atoms with E-state index in [-0.39, 0.29) is 0 Å². The predicted octanol–water partition coefficient (Wildman–Crippen LogP) is 3.31. The van der Waals surface area contributed by atoms with E-state index in [4.69, 9.17) is 1.37 Å². The van der Waals surface area contributed by atoms with Gasteiger partial charge in [-0.3, -0.25) is 0 Å². The lowest BCUT2D eigenvalue weighted by molar-refractivity contribution is 0.540. The summed E-state index contributed by atoms with van der Waals surface area (Å²) >= 11 is 0. The van der Waals surface area contributed by atoms with E-state index in [9.17, 15) is 0 Å². The molecule has 0 N–H and O–H groups in total. The van der Waals surface area contributed by atoms with Crippen LogP contribution in [0.2, 0.25) is 0 Å². The molecule has 0 heteroatoms. The quantitative estimate of drug-likeness (QED) is 0.486. The Bertz CT molecular complexity index is 201. The van der Waals surface area contributed by atoms with Crippen molar-refractivity contribution in [3.8, 4) is 0 Å². The van der Waals surface area contributed by atoms with Crippen molar-refractivity contribution in [2.45, 2.75) is 33.1 Å². The molecule has 1 rings (SSSR count). The maximum atomic E-state index is 7.64. The highest BCUT2D eigenvalue weighted by molar-refractivity contribution is 5.09. The lowest BCUT2D eigenvalue weighted by Gasteiger charge is -2.19. The van der Waals surface area contributed by atoms with Gasteiger partial charge in [0.25, 0.3) is 0 Å². The zero-order chi connectivity index (χ0) is 8.43. The molecule has 0 heterocycles. The number of rotatable bonds is 1. The summed E-state index contributed by atoms with van der Waals surface area (Å²) in [7, 11) is 0. The first kappa shape index (κ1) is 6.21. The van der Waals surface area contributed by atoms with E-state index in [0.717, 1.165) is 18.9 Å². The molecule has 56 valence electrons. The molecule has 0 aromatic rings. The minimum absolute atomic E-state index is 0.575. The third-order valence-corrected chi connectivity index (χ3v) is 2.21. The summed E-state index contributed by atoms with van der Waals surface area (Å²) in [5.74, 6) is 0.575. The average molecular weight is 137 g/mol. The van der Waals surface area contributed by atoms with Crippen LogP contribution in [0.1, 0.15) is 34.5 Å². The lowest BCUT2D eigenvalue weighted by atomic mass is 9.86. The highest BCUT2D eigenvalue weighted by atomic mass is 14.2. The van der Waals surface area contributed by atoms with Crippen molar-refractivity contribution in [1.29, 1.82) is 0 Å². The Morgan fingerprint density at radius 1 is 1.90 bits per heavy atom. The molecule has 0 aromatic heterocycles. The minimum atomic E-state index is 0.575. The van der Waals surface area contributed by atoms with Crippen LogP contribution in [0.5, 0.6) is 0 Å². The van der Waals surface area contributed by atoms with Crippen molar-refractivity contribution in [2.24, 2.45) is 5.92 Å². The van der Waals surface area contributed by atoms with Crippen LogP contribution in [-0.2, 0) is 0 Å². The van der Waals surface area contributed by atoms with Crippen molar-refractivity contribution >= 4 is 0 Å². The molecule has 0 nitrogen and oxygen atoms in total. The summed E-state index contributed by atoms with van der Waals surface area (Å²) in [6.45, 7) is 8.07. The fourth-order valence-electron chi connectivity index (χ4n) is 1.30. The first-order valence-electron chi connectivity index (χ1n) is 4.42. The molecule has 0 bridgehead atoms. The van der Waals surface area contributed by atoms with E-state index in [2.05, 4.69) is 20.4 Å². The molecule has 0 saturated heterocycles. The Kier molecular flexibility index (Phi) is 1.89. The molecule has 0 radical (unpaired) electrons. The molecule has 0 spiro atoms. The topological polar surface area (TPSA) is 0 Å². The molecular formula is C10H16. The van der Waals surface area contributed by atoms with Gasteiger partial charge in [0, 0.05) is 0 Å². The van der Waals surface area contributed by atoms with E-state index in [1.165, 1.54) is 17.6 Å². The van der Waals surface area contributed by atoms with Crippen molar-refractivity contribution in [3.63, 3.8) is 0 Å². The lowest BCUT2D eigenvalue weighted by Crippen LogP contribution is -2.04. The van der Waals surface area contributed by atoms with Gasteiger partial charge in [-0.2, -0.15) is 0 Å². The Morgan fingerprint density at radius 2 is 2.60 bits per heavy atom. The van der Waals surface area contributed by atoms with E-state index in [1.54, 1.807) is 0 Å². The first-order chi connectivity index (χ1) is 5.11. The van der Waals surface area contributed by atoms with Crippen LogP contribution in [0.4, 0.5) is 0 Å². The van der Waals surface area contributed by atoms with Crippen LogP contribution < -0.4 is 0 Å². The molecule has 0 saturated carbocycles. The molecule has 0 aromatic carbocycles. The fourth-order valence-corrected chi connectivity index (χ4v) is 1.30. The standard InChI is InChI=1S/C10H16/c1-8(2)10-6-4-9(3)5-7-10/h4,10H,1,5-7H2,2-3H3/t10-/m1/s1/i4D. The van der Waals surface area contributed by atoms with Crippen LogP contribution in [0, 0.1) is 5.92 Å². The van der Waals surface area contributed by atoms with Gasteiger partial charge in [0.05, 0.1) is 1.37 Å². The van der Waals surface area contributed by atoms with Gasteiger partial charge in [0.2, 0.25) is 0 Å². The highest BCUT2D eigenvalue weighted by Crippen LogP contribution is 2.27. The Morgan fingerprint density at radius 3 is 3.10 bits per heavy atom. The zero-order valence-corrected chi connectivity index (χ0v) is 6.91. The average Bonchev–Trinajstić information content (AvgIpc) is 1.94. The summed E-state index contributed by atoms with van der Waals surface area (Å²) < 4.78 is 7.64. The Hall–Kier alpha value is -0.520. The maximum Gasteiger partial charge on any atom is 0.0575 e. The number of allylic oxidation sites excluding steroid dienone is 3.